The zero-order chi connectivity index (χ0) is 24.3. The zero-order valence-electron chi connectivity index (χ0n) is 18.4. The highest BCUT2D eigenvalue weighted by Gasteiger charge is 2.69. The first kappa shape index (κ1) is 21.9. The molecule has 0 aromatic heterocycles. The molecular formula is C26H20FN3O4S. The second-order valence-electron chi connectivity index (χ2n) is 9.03. The van der Waals surface area contributed by atoms with Crippen LogP contribution in [0, 0.1) is 21.8 Å². The van der Waals surface area contributed by atoms with E-state index in [4.69, 9.17) is 0 Å². The van der Waals surface area contributed by atoms with Gasteiger partial charge in [0.05, 0.1) is 10.8 Å². The maximum Gasteiger partial charge on any atom is 0.269 e. The molecule has 3 aliphatic heterocycles. The standard InChI is InChI=1S/C26H20FN3O4S/c27-17-9-10-20-19(12-17)26(25(32)28-20)23(24(31)15-5-2-1-3-6-15)22(21-13-35-14-29(21)26)16-7-4-8-18(11-16)30(33)34/h1-12,21-23H,13-14H2,(H,28,32)/t21-,22+,23-,26-/m0/s1. The van der Waals surface area contributed by atoms with E-state index >= 15 is 0 Å². The first-order chi connectivity index (χ1) is 16.9. The fourth-order valence-corrected chi connectivity index (χ4v) is 7.37. The van der Waals surface area contributed by atoms with Crippen molar-refractivity contribution in [1.29, 1.82) is 0 Å². The van der Waals surface area contributed by atoms with Gasteiger partial charge in [-0.1, -0.05) is 42.5 Å². The molecule has 3 aromatic carbocycles. The minimum absolute atomic E-state index is 0.0751. The molecule has 0 unspecified atom stereocenters. The highest BCUT2D eigenvalue weighted by molar-refractivity contribution is 7.99. The summed E-state index contributed by atoms with van der Waals surface area (Å²) >= 11 is 1.63. The Hall–Kier alpha value is -3.56. The van der Waals surface area contributed by atoms with Crippen molar-refractivity contribution in [3.05, 3.63) is 105 Å². The predicted molar refractivity (Wildman–Crippen MR) is 130 cm³/mol. The van der Waals surface area contributed by atoms with Gasteiger partial charge in [0.15, 0.2) is 5.78 Å². The van der Waals surface area contributed by atoms with Gasteiger partial charge >= 0.3 is 0 Å². The monoisotopic (exact) mass is 489 g/mol. The zero-order valence-corrected chi connectivity index (χ0v) is 19.2. The third-order valence-corrected chi connectivity index (χ3v) is 8.43. The average Bonchev–Trinajstić information content (AvgIpc) is 3.52. The maximum atomic E-state index is 14.6. The van der Waals surface area contributed by atoms with Crippen molar-refractivity contribution in [3.63, 3.8) is 0 Å². The largest absolute Gasteiger partial charge is 0.324 e. The van der Waals surface area contributed by atoms with Gasteiger partial charge in [0.25, 0.3) is 5.69 Å². The van der Waals surface area contributed by atoms with Gasteiger partial charge in [-0.05, 0) is 23.8 Å². The number of benzene rings is 3. The summed E-state index contributed by atoms with van der Waals surface area (Å²) in [6, 6.07) is 19.0. The molecule has 3 aliphatic rings. The summed E-state index contributed by atoms with van der Waals surface area (Å²) < 4.78 is 14.6. The highest BCUT2D eigenvalue weighted by atomic mass is 32.2. The fraction of sp³-hybridized carbons (Fsp3) is 0.231. The number of carbonyl (C=O) groups excluding carboxylic acids is 2. The summed E-state index contributed by atoms with van der Waals surface area (Å²) in [6.07, 6.45) is 0. The van der Waals surface area contributed by atoms with Gasteiger partial charge in [-0.25, -0.2) is 4.39 Å². The normalized spacial score (nSPS) is 27.0. The quantitative estimate of drug-likeness (QED) is 0.328. The number of hydrogen-bond acceptors (Lipinski definition) is 6. The number of rotatable bonds is 4. The van der Waals surface area contributed by atoms with Crippen molar-refractivity contribution in [3.8, 4) is 0 Å². The number of nitro benzene ring substituents is 1. The Balaban J connectivity index is 1.63. The molecule has 7 nitrogen and oxygen atoms in total. The number of halogens is 1. The van der Waals surface area contributed by atoms with Gasteiger partial charge < -0.3 is 5.32 Å². The summed E-state index contributed by atoms with van der Waals surface area (Å²) in [4.78, 5) is 41.2. The molecule has 1 amide bonds. The number of nitro groups is 1. The van der Waals surface area contributed by atoms with Crippen molar-refractivity contribution >= 4 is 34.8 Å². The molecule has 6 rings (SSSR count). The Morgan fingerprint density at radius 3 is 2.69 bits per heavy atom. The van der Waals surface area contributed by atoms with Crippen molar-refractivity contribution in [2.45, 2.75) is 17.5 Å². The van der Waals surface area contributed by atoms with Crippen molar-refractivity contribution in [2.75, 3.05) is 16.9 Å². The van der Waals surface area contributed by atoms with Crippen LogP contribution in [-0.2, 0) is 10.3 Å². The van der Waals surface area contributed by atoms with Gasteiger partial charge in [-0.3, -0.25) is 24.6 Å². The second kappa shape index (κ2) is 8.00. The lowest BCUT2D eigenvalue weighted by Gasteiger charge is -2.36. The van der Waals surface area contributed by atoms with Crippen molar-refractivity contribution < 1.29 is 18.9 Å². The summed E-state index contributed by atoms with van der Waals surface area (Å²) in [5.74, 6) is -1.38. The lowest BCUT2D eigenvalue weighted by molar-refractivity contribution is -0.384. The number of anilines is 1. The van der Waals surface area contributed by atoms with Crippen LogP contribution in [0.5, 0.6) is 0 Å². The summed E-state index contributed by atoms with van der Waals surface area (Å²) in [6.45, 7) is 0. The molecule has 0 saturated carbocycles. The number of ketones is 1. The molecular weight excluding hydrogens is 469 g/mol. The van der Waals surface area contributed by atoms with E-state index in [0.717, 1.165) is 0 Å². The number of fused-ring (bicyclic) bond motifs is 4. The molecule has 0 aliphatic carbocycles. The van der Waals surface area contributed by atoms with Gasteiger partial charge in [0.1, 0.15) is 11.4 Å². The summed E-state index contributed by atoms with van der Waals surface area (Å²) in [5.41, 5.74) is 0.497. The highest BCUT2D eigenvalue weighted by Crippen LogP contribution is 2.61. The Labute approximate surface area is 204 Å². The molecule has 3 heterocycles. The van der Waals surface area contributed by atoms with Gasteiger partial charge in [0.2, 0.25) is 5.91 Å². The van der Waals surface area contributed by atoms with E-state index in [9.17, 15) is 24.1 Å². The molecule has 35 heavy (non-hydrogen) atoms. The summed E-state index contributed by atoms with van der Waals surface area (Å²) in [5, 5.41) is 14.4. The molecule has 9 heteroatoms. The van der Waals surface area contributed by atoms with Gasteiger partial charge in [-0.2, -0.15) is 0 Å². The first-order valence-corrected chi connectivity index (χ1v) is 12.4. The van der Waals surface area contributed by atoms with Crippen LogP contribution in [0.3, 0.4) is 0 Å². The third kappa shape index (κ3) is 3.08. The van der Waals surface area contributed by atoms with E-state index in [-0.39, 0.29) is 23.4 Å². The van der Waals surface area contributed by atoms with E-state index in [0.29, 0.717) is 34.0 Å². The van der Waals surface area contributed by atoms with Crippen LogP contribution in [0.25, 0.3) is 0 Å². The lowest BCUT2D eigenvalue weighted by atomic mass is 9.69. The van der Waals surface area contributed by atoms with E-state index in [2.05, 4.69) is 5.32 Å². The number of nitrogens with zero attached hydrogens (tertiary/aromatic N) is 2. The molecule has 1 spiro atoms. The minimum atomic E-state index is -1.42. The van der Waals surface area contributed by atoms with Gasteiger partial charge in [0, 0.05) is 52.5 Å². The molecule has 2 fully saturated rings. The Bertz CT molecular complexity index is 1380. The molecule has 0 bridgehead atoms. The van der Waals surface area contributed by atoms with Crippen LogP contribution in [0.1, 0.15) is 27.4 Å². The third-order valence-electron chi connectivity index (χ3n) is 7.39. The summed E-state index contributed by atoms with van der Waals surface area (Å²) in [7, 11) is 0. The number of Topliss-reactive ketones (excluding diaryl/α,β-unsaturated/α-hetero) is 1. The SMILES string of the molecule is O=C(c1ccccc1)[C@@H]1[C@H](c2cccc([N+](=O)[O-])c2)[C@@H]2CSCN2[C@]12C(=O)Nc1ccc(F)cc12. The Morgan fingerprint density at radius 2 is 1.91 bits per heavy atom. The van der Waals surface area contributed by atoms with E-state index in [1.165, 1.54) is 30.3 Å². The number of amides is 1. The van der Waals surface area contributed by atoms with Crippen LogP contribution in [0.15, 0.2) is 72.8 Å². The number of hydrogen-bond donors (Lipinski definition) is 1. The predicted octanol–water partition coefficient (Wildman–Crippen LogP) is 4.55. The van der Waals surface area contributed by atoms with Crippen molar-refractivity contribution in [2.24, 2.45) is 5.92 Å². The molecule has 3 aromatic rings. The number of non-ortho nitro benzene ring substituents is 1. The molecule has 4 atom stereocenters. The Kier molecular flexibility index (Phi) is 5.01. The van der Waals surface area contributed by atoms with E-state index in [1.807, 2.05) is 4.90 Å². The minimum Gasteiger partial charge on any atom is -0.324 e. The van der Waals surface area contributed by atoms with E-state index in [1.54, 1.807) is 54.2 Å². The topological polar surface area (TPSA) is 92.5 Å². The Morgan fingerprint density at radius 1 is 1.11 bits per heavy atom. The number of carbonyl (C=O) groups is 2. The molecule has 176 valence electrons. The first-order valence-electron chi connectivity index (χ1n) is 11.2. The molecule has 2 saturated heterocycles. The number of nitrogens with one attached hydrogen (secondary N) is 1. The molecule has 0 radical (unpaired) electrons. The second-order valence-corrected chi connectivity index (χ2v) is 10.0. The molecule has 1 N–H and O–H groups in total. The van der Waals surface area contributed by atoms with Crippen molar-refractivity contribution in [1.82, 2.24) is 4.90 Å². The van der Waals surface area contributed by atoms with Crippen LogP contribution in [0.2, 0.25) is 0 Å². The van der Waals surface area contributed by atoms with Crippen LogP contribution >= 0.6 is 11.8 Å². The maximum absolute atomic E-state index is 14.6. The number of thioether (sulfide) groups is 1. The van der Waals surface area contributed by atoms with Gasteiger partial charge in [-0.15, -0.1) is 11.8 Å². The fourth-order valence-electron chi connectivity index (χ4n) is 6.05. The smallest absolute Gasteiger partial charge is 0.269 e. The van der Waals surface area contributed by atoms with Crippen LogP contribution < -0.4 is 5.32 Å². The van der Waals surface area contributed by atoms with Crippen LogP contribution in [-0.4, -0.2) is 39.2 Å². The lowest BCUT2D eigenvalue weighted by Crippen LogP contribution is -2.52. The van der Waals surface area contributed by atoms with Crippen LogP contribution in [0.4, 0.5) is 15.8 Å². The van der Waals surface area contributed by atoms with E-state index < -0.39 is 28.1 Å². The average molecular weight is 490 g/mol.